The lowest BCUT2D eigenvalue weighted by atomic mass is 10.0. The van der Waals surface area contributed by atoms with Gasteiger partial charge in [0.15, 0.2) is 11.5 Å². The van der Waals surface area contributed by atoms with Crippen molar-refractivity contribution in [1.29, 1.82) is 0 Å². The number of allylic oxidation sites excluding steroid dienone is 1. The number of morpholine rings is 1. The number of aromatic hydroxyl groups is 1. The largest absolute Gasteiger partial charge is 0.507 e. The third-order valence-electron chi connectivity index (χ3n) is 5.27. The van der Waals surface area contributed by atoms with Crippen molar-refractivity contribution >= 4 is 11.9 Å². The number of ether oxygens (including phenoxy) is 4. The molecule has 0 bridgehead atoms. The van der Waals surface area contributed by atoms with Gasteiger partial charge in [0, 0.05) is 11.6 Å². The molecule has 2 heterocycles. The van der Waals surface area contributed by atoms with Crippen LogP contribution in [0.3, 0.4) is 0 Å². The van der Waals surface area contributed by atoms with E-state index < -0.39 is 0 Å². The summed E-state index contributed by atoms with van der Waals surface area (Å²) in [5, 5.41) is 10.4. The van der Waals surface area contributed by atoms with Gasteiger partial charge in [0.2, 0.25) is 5.78 Å². The second-order valence-electron chi connectivity index (χ2n) is 7.03. The van der Waals surface area contributed by atoms with Crippen LogP contribution in [-0.2, 0) is 11.3 Å². The summed E-state index contributed by atoms with van der Waals surface area (Å²) in [7, 11) is 3.14. The number of hydrogen-bond donors (Lipinski definition) is 2. The Morgan fingerprint density at radius 1 is 1.14 bits per heavy atom. The number of rotatable bonds is 5. The summed E-state index contributed by atoms with van der Waals surface area (Å²) in [5.41, 5.74) is 1.82. The van der Waals surface area contributed by atoms with Crippen LogP contribution < -0.4 is 19.1 Å². The minimum absolute atomic E-state index is 0.138. The Kier molecular flexibility index (Phi) is 5.42. The normalized spacial score (nSPS) is 17.9. The molecule has 29 heavy (non-hydrogen) atoms. The highest BCUT2D eigenvalue weighted by atomic mass is 16.5. The summed E-state index contributed by atoms with van der Waals surface area (Å²) < 4.78 is 22.0. The second kappa shape index (κ2) is 8.14. The Bertz CT molecular complexity index is 962. The van der Waals surface area contributed by atoms with E-state index in [-0.39, 0.29) is 17.3 Å². The highest BCUT2D eigenvalue weighted by molar-refractivity contribution is 6.15. The fraction of sp³-hybridized carbons (Fsp3) is 0.318. The number of fused-ring (bicyclic) bond motifs is 1. The van der Waals surface area contributed by atoms with Gasteiger partial charge in [-0.25, -0.2) is 0 Å². The molecular weight excluding hydrogens is 374 g/mol. The highest BCUT2D eigenvalue weighted by Crippen LogP contribution is 2.39. The van der Waals surface area contributed by atoms with E-state index in [4.69, 9.17) is 18.9 Å². The molecule has 4 rings (SSSR count). The van der Waals surface area contributed by atoms with Gasteiger partial charge >= 0.3 is 0 Å². The quantitative estimate of drug-likeness (QED) is 0.743. The second-order valence-corrected chi connectivity index (χ2v) is 7.03. The number of quaternary nitrogens is 1. The number of nitrogens with one attached hydrogen (secondary N) is 1. The number of ketones is 1. The van der Waals surface area contributed by atoms with E-state index in [0.717, 1.165) is 13.1 Å². The van der Waals surface area contributed by atoms with Gasteiger partial charge in [-0.2, -0.15) is 0 Å². The zero-order valence-corrected chi connectivity index (χ0v) is 16.5. The van der Waals surface area contributed by atoms with Crippen molar-refractivity contribution in [2.24, 2.45) is 0 Å². The van der Waals surface area contributed by atoms with E-state index in [1.807, 2.05) is 0 Å². The molecule has 0 unspecified atom stereocenters. The number of benzene rings is 2. The molecule has 0 radical (unpaired) electrons. The summed E-state index contributed by atoms with van der Waals surface area (Å²) in [6.45, 7) is 3.65. The van der Waals surface area contributed by atoms with Crippen molar-refractivity contribution in [2.45, 2.75) is 6.54 Å². The molecule has 2 aliphatic rings. The zero-order chi connectivity index (χ0) is 20.4. The van der Waals surface area contributed by atoms with Crippen LogP contribution in [0.2, 0.25) is 0 Å². The molecule has 0 atom stereocenters. The van der Waals surface area contributed by atoms with E-state index in [0.29, 0.717) is 53.7 Å². The fourth-order valence-electron chi connectivity index (χ4n) is 3.63. The average molecular weight is 398 g/mol. The Hall–Kier alpha value is -3.03. The third-order valence-corrected chi connectivity index (χ3v) is 5.27. The summed E-state index contributed by atoms with van der Waals surface area (Å²) in [6.07, 6.45) is 1.66. The van der Waals surface area contributed by atoms with Crippen LogP contribution in [0.25, 0.3) is 6.08 Å². The lowest BCUT2D eigenvalue weighted by Crippen LogP contribution is -3.12. The molecule has 7 nitrogen and oxygen atoms in total. The van der Waals surface area contributed by atoms with E-state index in [9.17, 15) is 9.90 Å². The third kappa shape index (κ3) is 3.79. The number of Topliss-reactive ketones (excluding diaryl/α,β-unsaturated/α-hetero) is 1. The average Bonchev–Trinajstić information content (AvgIpc) is 3.07. The van der Waals surface area contributed by atoms with Gasteiger partial charge in [-0.15, -0.1) is 0 Å². The van der Waals surface area contributed by atoms with Crippen LogP contribution in [0.5, 0.6) is 23.0 Å². The smallest absolute Gasteiger partial charge is 0.231 e. The summed E-state index contributed by atoms with van der Waals surface area (Å²) >= 11 is 0. The van der Waals surface area contributed by atoms with Crippen molar-refractivity contribution in [3.8, 4) is 23.0 Å². The number of carbonyl (C=O) groups is 1. The van der Waals surface area contributed by atoms with Crippen molar-refractivity contribution < 1.29 is 33.7 Å². The van der Waals surface area contributed by atoms with Gasteiger partial charge in [-0.3, -0.25) is 4.79 Å². The lowest BCUT2D eigenvalue weighted by Gasteiger charge is -2.24. The minimum Gasteiger partial charge on any atom is -0.507 e. The molecule has 152 valence electrons. The van der Waals surface area contributed by atoms with Crippen molar-refractivity contribution in [3.05, 3.63) is 52.8 Å². The highest BCUT2D eigenvalue weighted by Gasteiger charge is 2.33. The number of hydrogen-bond acceptors (Lipinski definition) is 6. The molecule has 0 spiro atoms. The molecule has 2 aromatic carbocycles. The maximum absolute atomic E-state index is 12.9. The first-order valence-corrected chi connectivity index (χ1v) is 9.53. The van der Waals surface area contributed by atoms with E-state index in [2.05, 4.69) is 0 Å². The SMILES string of the molecule is COc1ccc(/C=C2\Oc3c(ccc(O)c3C[NH+]3CCOCC3)C2=O)c(OC)c1. The molecule has 0 aliphatic carbocycles. The van der Waals surface area contributed by atoms with Gasteiger partial charge in [-0.1, -0.05) is 0 Å². The summed E-state index contributed by atoms with van der Waals surface area (Å²) in [5.74, 6) is 1.80. The Labute approximate surface area is 169 Å². The molecule has 1 saturated heterocycles. The standard InChI is InChI=1S/C22H23NO6/c1-26-15-4-3-14(19(12-15)27-2)11-20-21(25)16-5-6-18(24)17(22(16)29-20)13-23-7-9-28-10-8-23/h3-6,11-12,24H,7-10,13H2,1-2H3/p+1/b20-11-. The van der Waals surface area contributed by atoms with Gasteiger partial charge in [-0.05, 0) is 30.3 Å². The molecule has 0 saturated carbocycles. The van der Waals surface area contributed by atoms with Crippen LogP contribution in [0.15, 0.2) is 36.1 Å². The van der Waals surface area contributed by atoms with Gasteiger partial charge in [0.25, 0.3) is 0 Å². The lowest BCUT2D eigenvalue weighted by molar-refractivity contribution is -0.921. The van der Waals surface area contributed by atoms with Crippen LogP contribution in [-0.4, -0.2) is 51.4 Å². The predicted molar refractivity (Wildman–Crippen MR) is 106 cm³/mol. The maximum atomic E-state index is 12.9. The van der Waals surface area contributed by atoms with Crippen LogP contribution >= 0.6 is 0 Å². The number of phenols is 1. The van der Waals surface area contributed by atoms with E-state index in [1.54, 1.807) is 50.6 Å². The first-order valence-electron chi connectivity index (χ1n) is 9.53. The molecule has 7 heteroatoms. The van der Waals surface area contributed by atoms with E-state index in [1.165, 1.54) is 4.90 Å². The molecule has 2 N–H and O–H groups in total. The van der Waals surface area contributed by atoms with Gasteiger partial charge in [0.05, 0.1) is 38.6 Å². The topological polar surface area (TPSA) is 78.7 Å². The van der Waals surface area contributed by atoms with Gasteiger partial charge < -0.3 is 29.0 Å². The zero-order valence-electron chi connectivity index (χ0n) is 16.5. The van der Waals surface area contributed by atoms with Crippen molar-refractivity contribution in [3.63, 3.8) is 0 Å². The van der Waals surface area contributed by atoms with Crippen molar-refractivity contribution in [2.75, 3.05) is 40.5 Å². The number of methoxy groups -OCH3 is 2. The minimum atomic E-state index is -0.212. The number of carbonyl (C=O) groups excluding carboxylic acids is 1. The fourth-order valence-corrected chi connectivity index (χ4v) is 3.63. The Balaban J connectivity index is 1.66. The van der Waals surface area contributed by atoms with Crippen LogP contribution in [0.1, 0.15) is 21.5 Å². The maximum Gasteiger partial charge on any atom is 0.231 e. The molecule has 1 fully saturated rings. The number of phenolic OH excluding ortho intramolecular Hbond substituents is 1. The molecule has 2 aromatic rings. The van der Waals surface area contributed by atoms with E-state index >= 15 is 0 Å². The first kappa shape index (κ1) is 19.3. The van der Waals surface area contributed by atoms with Crippen molar-refractivity contribution in [1.82, 2.24) is 0 Å². The monoisotopic (exact) mass is 398 g/mol. The van der Waals surface area contributed by atoms with Crippen LogP contribution in [0, 0.1) is 0 Å². The Morgan fingerprint density at radius 3 is 2.66 bits per heavy atom. The summed E-state index contributed by atoms with van der Waals surface area (Å²) in [6, 6.07) is 8.52. The summed E-state index contributed by atoms with van der Waals surface area (Å²) in [4.78, 5) is 14.2. The Morgan fingerprint density at radius 2 is 1.93 bits per heavy atom. The molecular formula is C22H24NO6+. The predicted octanol–water partition coefficient (Wildman–Crippen LogP) is 1.44. The molecule has 0 amide bonds. The molecule has 0 aromatic heterocycles. The molecule has 2 aliphatic heterocycles. The van der Waals surface area contributed by atoms with Gasteiger partial charge in [0.1, 0.15) is 36.9 Å². The van der Waals surface area contributed by atoms with Crippen LogP contribution in [0.4, 0.5) is 0 Å². The first-order chi connectivity index (χ1) is 14.1.